The predicted octanol–water partition coefficient (Wildman–Crippen LogP) is 3.03. The minimum atomic E-state index is -2.65. The summed E-state index contributed by atoms with van der Waals surface area (Å²) in [7, 11) is -2.65. The maximum atomic E-state index is 12.6. The number of aromatic nitrogens is 2. The summed E-state index contributed by atoms with van der Waals surface area (Å²) in [6, 6.07) is 3.56. The summed E-state index contributed by atoms with van der Waals surface area (Å²) in [6.45, 7) is 7.73. The molecule has 2 aromatic rings. The number of nitrogens with zero attached hydrogens (tertiary/aromatic N) is 3. The maximum Gasteiger partial charge on any atom is 0.158 e. The van der Waals surface area contributed by atoms with Gasteiger partial charge in [0.05, 0.1) is 29.2 Å². The van der Waals surface area contributed by atoms with Gasteiger partial charge in [0.25, 0.3) is 0 Å². The predicted molar refractivity (Wildman–Crippen MR) is 133 cm³/mol. The maximum absolute atomic E-state index is 12.6. The molecule has 0 bridgehead atoms. The third-order valence-electron chi connectivity index (χ3n) is 6.54. The van der Waals surface area contributed by atoms with E-state index in [-0.39, 0.29) is 17.6 Å². The molecule has 2 atom stereocenters. The summed E-state index contributed by atoms with van der Waals surface area (Å²) in [5.74, 6) is 1.07. The van der Waals surface area contributed by atoms with Crippen LogP contribution in [0.5, 0.6) is 0 Å². The van der Waals surface area contributed by atoms with Crippen LogP contribution < -0.4 is 27.4 Å². The summed E-state index contributed by atoms with van der Waals surface area (Å²) in [6.07, 6.45) is 3.74. The van der Waals surface area contributed by atoms with Crippen molar-refractivity contribution in [3.05, 3.63) is 23.4 Å². The van der Waals surface area contributed by atoms with E-state index in [4.69, 9.17) is 33.5 Å². The van der Waals surface area contributed by atoms with E-state index in [9.17, 15) is 4.57 Å². The molecule has 32 heavy (non-hydrogen) atoms. The summed E-state index contributed by atoms with van der Waals surface area (Å²) in [5, 5.41) is 1.40. The van der Waals surface area contributed by atoms with Gasteiger partial charge in [-0.1, -0.05) is 23.4 Å². The summed E-state index contributed by atoms with van der Waals surface area (Å²) < 4.78 is 18.4. The largest absolute Gasteiger partial charge is 0.398 e. The number of benzene rings is 1. The highest BCUT2D eigenvalue weighted by Gasteiger charge is 2.47. The van der Waals surface area contributed by atoms with E-state index in [0.29, 0.717) is 31.8 Å². The van der Waals surface area contributed by atoms with Crippen molar-refractivity contribution in [3.63, 3.8) is 0 Å². The molecule has 0 unspecified atom stereocenters. The van der Waals surface area contributed by atoms with Gasteiger partial charge in [0.15, 0.2) is 5.82 Å². The SMILES string of the molecule is C[C@@H]1OCC2(CCN(c3cnc(Sc4ccc(N)c(P(C)(C)=O)c4Cl)c(N)n3)CC2)[C@@H]1N. The van der Waals surface area contributed by atoms with Gasteiger partial charge in [-0.3, -0.25) is 0 Å². The van der Waals surface area contributed by atoms with Crippen LogP contribution >= 0.6 is 30.5 Å². The molecule has 0 radical (unpaired) electrons. The average molecular weight is 497 g/mol. The normalized spacial score (nSPS) is 23.1. The Morgan fingerprint density at radius 1 is 1.28 bits per heavy atom. The summed E-state index contributed by atoms with van der Waals surface area (Å²) in [5.41, 5.74) is 19.2. The number of rotatable bonds is 4. The summed E-state index contributed by atoms with van der Waals surface area (Å²) in [4.78, 5) is 12.0. The number of halogens is 1. The van der Waals surface area contributed by atoms with E-state index in [1.165, 1.54) is 11.8 Å². The van der Waals surface area contributed by atoms with Gasteiger partial charge in [-0.25, -0.2) is 9.97 Å². The molecule has 0 amide bonds. The molecule has 1 aromatic heterocycles. The quantitative estimate of drug-likeness (QED) is 0.431. The molecule has 2 saturated heterocycles. The second-order valence-corrected chi connectivity index (χ2v) is 13.6. The Bertz CT molecular complexity index is 1070. The first-order chi connectivity index (χ1) is 15.0. The molecular weight excluding hydrogens is 467 g/mol. The van der Waals surface area contributed by atoms with E-state index in [1.54, 1.807) is 31.7 Å². The highest BCUT2D eigenvalue weighted by atomic mass is 35.5. The second kappa shape index (κ2) is 8.69. The van der Waals surface area contributed by atoms with Crippen LogP contribution in [-0.4, -0.2) is 55.1 Å². The van der Waals surface area contributed by atoms with Crippen LogP contribution in [0.1, 0.15) is 19.8 Å². The smallest absolute Gasteiger partial charge is 0.158 e. The lowest BCUT2D eigenvalue weighted by atomic mass is 9.73. The van der Waals surface area contributed by atoms with Crippen molar-refractivity contribution in [2.75, 3.05) is 49.4 Å². The van der Waals surface area contributed by atoms with E-state index in [0.717, 1.165) is 38.4 Å². The van der Waals surface area contributed by atoms with Crippen LogP contribution in [0.2, 0.25) is 5.02 Å². The van der Waals surface area contributed by atoms with Gasteiger partial charge in [-0.2, -0.15) is 0 Å². The molecule has 1 spiro atoms. The Kier molecular flexibility index (Phi) is 6.42. The molecule has 2 aliphatic rings. The number of nitrogen functional groups attached to an aromatic ring is 2. The van der Waals surface area contributed by atoms with Gasteiger partial charge in [-0.05, 0) is 45.2 Å². The fourth-order valence-electron chi connectivity index (χ4n) is 4.56. The van der Waals surface area contributed by atoms with Gasteiger partial charge in [0, 0.05) is 35.1 Å². The van der Waals surface area contributed by atoms with Crippen LogP contribution in [0.3, 0.4) is 0 Å². The standard InChI is InChI=1S/C21H30ClN6O2PS/c1-12-18(24)21(11-30-12)6-8-28(9-7-21)15-10-26-20(19(25)27-15)32-14-5-4-13(23)17(16(14)22)31(2,3)29/h4-5,10,12,18H,6-9,11,23-24H2,1-3H3,(H2,25,27)/t12-,18+/m0/s1. The Hall–Kier alpha value is -1.51. The molecule has 8 nitrogen and oxygen atoms in total. The molecule has 174 valence electrons. The van der Waals surface area contributed by atoms with E-state index in [2.05, 4.69) is 14.9 Å². The Balaban J connectivity index is 1.50. The van der Waals surface area contributed by atoms with Gasteiger partial charge in [0.2, 0.25) is 0 Å². The van der Waals surface area contributed by atoms with Crippen LogP contribution in [0.25, 0.3) is 0 Å². The molecule has 11 heteroatoms. The fraction of sp³-hybridized carbons (Fsp3) is 0.524. The van der Waals surface area contributed by atoms with Crippen molar-refractivity contribution < 1.29 is 9.30 Å². The monoisotopic (exact) mass is 496 g/mol. The molecular formula is C21H30ClN6O2PS. The Morgan fingerprint density at radius 3 is 2.53 bits per heavy atom. The van der Waals surface area contributed by atoms with Crippen LogP contribution in [0, 0.1) is 5.41 Å². The van der Waals surface area contributed by atoms with Crippen LogP contribution in [0.4, 0.5) is 17.3 Å². The second-order valence-electron chi connectivity index (χ2n) is 9.08. The van der Waals surface area contributed by atoms with Crippen molar-refractivity contribution in [2.24, 2.45) is 11.1 Å². The fourth-order valence-corrected chi connectivity index (χ4v) is 7.61. The van der Waals surface area contributed by atoms with Crippen molar-refractivity contribution in [1.82, 2.24) is 9.97 Å². The number of nitrogens with two attached hydrogens (primary N) is 3. The average Bonchev–Trinajstić information content (AvgIpc) is 2.99. The number of piperidine rings is 1. The van der Waals surface area contributed by atoms with Crippen molar-refractivity contribution >= 4 is 53.1 Å². The van der Waals surface area contributed by atoms with Crippen LogP contribution in [0.15, 0.2) is 28.3 Å². The minimum Gasteiger partial charge on any atom is -0.398 e. The third-order valence-corrected chi connectivity index (χ3v) is 9.80. The lowest BCUT2D eigenvalue weighted by Crippen LogP contribution is -2.50. The molecule has 0 aliphatic carbocycles. The first-order valence-corrected chi connectivity index (χ1v) is 14.4. The number of anilines is 3. The zero-order chi connectivity index (χ0) is 23.3. The van der Waals surface area contributed by atoms with Crippen molar-refractivity contribution in [3.8, 4) is 0 Å². The van der Waals surface area contributed by atoms with Gasteiger partial charge < -0.3 is 31.4 Å². The lowest BCUT2D eigenvalue weighted by molar-refractivity contribution is 0.0974. The van der Waals surface area contributed by atoms with E-state index in [1.807, 2.05) is 6.92 Å². The van der Waals surface area contributed by atoms with Gasteiger partial charge in [0.1, 0.15) is 18.0 Å². The Morgan fingerprint density at radius 2 is 1.97 bits per heavy atom. The Labute approximate surface area is 198 Å². The van der Waals surface area contributed by atoms with E-state index < -0.39 is 7.14 Å². The minimum absolute atomic E-state index is 0.0479. The first kappa shape index (κ1) is 23.6. The highest BCUT2D eigenvalue weighted by Crippen LogP contribution is 2.45. The zero-order valence-corrected chi connectivity index (χ0v) is 21.0. The van der Waals surface area contributed by atoms with E-state index >= 15 is 0 Å². The number of ether oxygens (including phenoxy) is 1. The molecule has 6 N–H and O–H groups in total. The molecule has 4 rings (SSSR count). The molecule has 1 aromatic carbocycles. The molecule has 2 fully saturated rings. The third kappa shape index (κ3) is 4.33. The van der Waals surface area contributed by atoms with Crippen molar-refractivity contribution in [1.29, 1.82) is 0 Å². The topological polar surface area (TPSA) is 133 Å². The lowest BCUT2D eigenvalue weighted by Gasteiger charge is -2.41. The molecule has 3 heterocycles. The first-order valence-electron chi connectivity index (χ1n) is 10.6. The van der Waals surface area contributed by atoms with Gasteiger partial charge in [-0.15, -0.1) is 0 Å². The highest BCUT2D eigenvalue weighted by molar-refractivity contribution is 7.99. The molecule has 2 aliphatic heterocycles. The summed E-state index contributed by atoms with van der Waals surface area (Å²) >= 11 is 7.84. The van der Waals surface area contributed by atoms with Crippen LogP contribution in [-0.2, 0) is 9.30 Å². The number of hydrogen-bond donors (Lipinski definition) is 3. The van der Waals surface area contributed by atoms with Gasteiger partial charge >= 0.3 is 0 Å². The van der Waals surface area contributed by atoms with Crippen molar-refractivity contribution in [2.45, 2.75) is 41.8 Å². The molecule has 0 saturated carbocycles. The zero-order valence-electron chi connectivity index (χ0n) is 18.5. The number of hydrogen-bond acceptors (Lipinski definition) is 9.